The topological polar surface area (TPSA) is 99.6 Å². The maximum Gasteiger partial charge on any atom is 0.338 e. The van der Waals surface area contributed by atoms with Gasteiger partial charge in [0.25, 0.3) is 5.91 Å². The van der Waals surface area contributed by atoms with Crippen LogP contribution in [0.5, 0.6) is 11.5 Å². The lowest BCUT2D eigenvalue weighted by molar-refractivity contribution is -0.123. The second-order valence-corrected chi connectivity index (χ2v) is 5.86. The van der Waals surface area contributed by atoms with Gasteiger partial charge in [-0.2, -0.15) is 0 Å². The number of nitrogens with zero attached hydrogens (tertiary/aromatic N) is 2. The molecular weight excluding hydrogens is 350 g/mol. The molecule has 0 radical (unpaired) electrons. The third-order valence-electron chi connectivity index (χ3n) is 4.00. The van der Waals surface area contributed by atoms with Gasteiger partial charge in [-0.25, -0.2) is 4.79 Å². The fourth-order valence-electron chi connectivity index (χ4n) is 2.59. The van der Waals surface area contributed by atoms with Crippen molar-refractivity contribution in [2.24, 2.45) is 0 Å². The molecule has 8 nitrogen and oxygen atoms in total. The maximum atomic E-state index is 12.3. The molecule has 136 valence electrons. The Bertz CT molecular complexity index is 1040. The van der Waals surface area contributed by atoms with Crippen LogP contribution in [0.1, 0.15) is 17.3 Å². The molecule has 0 aliphatic carbocycles. The molecule has 1 N–H and O–H groups in total. The van der Waals surface area contributed by atoms with E-state index in [4.69, 9.17) is 14.2 Å². The summed E-state index contributed by atoms with van der Waals surface area (Å²) in [6.07, 6.45) is 2.13. The van der Waals surface area contributed by atoms with Crippen molar-refractivity contribution < 1.29 is 23.8 Å². The molecule has 1 amide bonds. The van der Waals surface area contributed by atoms with E-state index in [1.807, 2.05) is 0 Å². The zero-order valence-electron chi connectivity index (χ0n) is 14.3. The lowest BCUT2D eigenvalue weighted by atomic mass is 10.2. The Hall–Kier alpha value is -3.68. The second kappa shape index (κ2) is 6.91. The standard InChI is InChI=1S/C19H15N3O5/c1-11(18(23)22-13-3-5-16-17(9-13)26-10-25-16)27-19(24)12-2-4-14-15(8-12)21-7-6-20-14/h2-9,11H,10H2,1H3,(H,22,23). The summed E-state index contributed by atoms with van der Waals surface area (Å²) in [5, 5.41) is 2.68. The fraction of sp³-hybridized carbons (Fsp3) is 0.158. The molecule has 0 bridgehead atoms. The number of hydrogen-bond donors (Lipinski definition) is 1. The molecule has 3 aromatic rings. The number of benzene rings is 2. The number of aromatic nitrogens is 2. The zero-order chi connectivity index (χ0) is 18.8. The van der Waals surface area contributed by atoms with E-state index < -0.39 is 18.0 Å². The van der Waals surface area contributed by atoms with Gasteiger partial charge in [-0.3, -0.25) is 14.8 Å². The molecular formula is C19H15N3O5. The average Bonchev–Trinajstić information content (AvgIpc) is 3.15. The SMILES string of the molecule is CC(OC(=O)c1ccc2nccnc2c1)C(=O)Nc1ccc2c(c1)OCO2. The molecule has 0 saturated carbocycles. The highest BCUT2D eigenvalue weighted by Gasteiger charge is 2.21. The van der Waals surface area contributed by atoms with E-state index in [9.17, 15) is 9.59 Å². The summed E-state index contributed by atoms with van der Waals surface area (Å²) in [5.41, 5.74) is 2.06. The predicted octanol–water partition coefficient (Wildman–Crippen LogP) is 2.54. The van der Waals surface area contributed by atoms with Gasteiger partial charge >= 0.3 is 5.97 Å². The van der Waals surface area contributed by atoms with Crippen molar-refractivity contribution in [1.29, 1.82) is 0 Å². The molecule has 0 fully saturated rings. The van der Waals surface area contributed by atoms with E-state index in [2.05, 4.69) is 15.3 Å². The van der Waals surface area contributed by atoms with Crippen molar-refractivity contribution in [1.82, 2.24) is 9.97 Å². The van der Waals surface area contributed by atoms with Crippen LogP contribution in [0.2, 0.25) is 0 Å². The van der Waals surface area contributed by atoms with E-state index >= 15 is 0 Å². The number of anilines is 1. The van der Waals surface area contributed by atoms with Crippen molar-refractivity contribution in [3.63, 3.8) is 0 Å². The summed E-state index contributed by atoms with van der Waals surface area (Å²) in [6, 6.07) is 9.87. The Labute approximate surface area is 154 Å². The van der Waals surface area contributed by atoms with Gasteiger partial charge < -0.3 is 19.5 Å². The smallest absolute Gasteiger partial charge is 0.338 e. The Morgan fingerprint density at radius 2 is 1.81 bits per heavy atom. The predicted molar refractivity (Wildman–Crippen MR) is 95.6 cm³/mol. The average molecular weight is 365 g/mol. The summed E-state index contributed by atoms with van der Waals surface area (Å²) in [7, 11) is 0. The Kier molecular flexibility index (Phi) is 4.29. The quantitative estimate of drug-likeness (QED) is 0.709. The number of ether oxygens (including phenoxy) is 3. The molecule has 27 heavy (non-hydrogen) atoms. The third-order valence-corrected chi connectivity index (χ3v) is 4.00. The normalized spacial score (nSPS) is 13.2. The largest absolute Gasteiger partial charge is 0.454 e. The van der Waals surface area contributed by atoms with Crippen LogP contribution in [0.25, 0.3) is 11.0 Å². The van der Waals surface area contributed by atoms with Crippen molar-refractivity contribution in [3.8, 4) is 11.5 Å². The lowest BCUT2D eigenvalue weighted by Crippen LogP contribution is -2.30. The van der Waals surface area contributed by atoms with Crippen LogP contribution >= 0.6 is 0 Å². The minimum atomic E-state index is -0.986. The molecule has 1 unspecified atom stereocenters. The molecule has 0 saturated heterocycles. The van der Waals surface area contributed by atoms with Crippen molar-refractivity contribution >= 4 is 28.6 Å². The van der Waals surface area contributed by atoms with Gasteiger partial charge in [0.05, 0.1) is 16.6 Å². The first kappa shape index (κ1) is 16.8. The van der Waals surface area contributed by atoms with Gasteiger partial charge in [0, 0.05) is 24.1 Å². The molecule has 4 rings (SSSR count). The van der Waals surface area contributed by atoms with Gasteiger partial charge in [0.15, 0.2) is 17.6 Å². The van der Waals surface area contributed by atoms with Crippen LogP contribution in [0.15, 0.2) is 48.8 Å². The first-order valence-electron chi connectivity index (χ1n) is 8.22. The van der Waals surface area contributed by atoms with E-state index in [0.29, 0.717) is 33.8 Å². The number of carbonyl (C=O) groups excluding carboxylic acids is 2. The summed E-state index contributed by atoms with van der Waals surface area (Å²) in [4.78, 5) is 32.9. The van der Waals surface area contributed by atoms with Crippen LogP contribution in [0, 0.1) is 0 Å². The van der Waals surface area contributed by atoms with Gasteiger partial charge in [0.2, 0.25) is 6.79 Å². The molecule has 1 aromatic heterocycles. The highest BCUT2D eigenvalue weighted by Crippen LogP contribution is 2.34. The van der Waals surface area contributed by atoms with Crippen LogP contribution in [-0.2, 0) is 9.53 Å². The first-order valence-corrected chi connectivity index (χ1v) is 8.22. The number of nitrogens with one attached hydrogen (secondary N) is 1. The zero-order valence-corrected chi connectivity index (χ0v) is 14.3. The lowest BCUT2D eigenvalue weighted by Gasteiger charge is -2.14. The molecule has 1 atom stereocenters. The molecule has 2 heterocycles. The molecule has 0 spiro atoms. The van der Waals surface area contributed by atoms with Crippen molar-refractivity contribution in [3.05, 3.63) is 54.4 Å². The maximum absolute atomic E-state index is 12.3. The van der Waals surface area contributed by atoms with E-state index in [1.165, 1.54) is 6.92 Å². The van der Waals surface area contributed by atoms with Crippen LogP contribution in [0.4, 0.5) is 5.69 Å². The Morgan fingerprint density at radius 1 is 1.04 bits per heavy atom. The number of carbonyl (C=O) groups is 2. The fourth-order valence-corrected chi connectivity index (χ4v) is 2.59. The van der Waals surface area contributed by atoms with Gasteiger partial charge in [-0.1, -0.05) is 0 Å². The summed E-state index contributed by atoms with van der Waals surface area (Å²) in [6.45, 7) is 1.65. The first-order chi connectivity index (χ1) is 13.1. The van der Waals surface area contributed by atoms with E-state index in [0.717, 1.165) is 0 Å². The highest BCUT2D eigenvalue weighted by molar-refractivity contribution is 5.98. The molecule has 1 aliphatic rings. The summed E-state index contributed by atoms with van der Waals surface area (Å²) >= 11 is 0. The number of hydrogen-bond acceptors (Lipinski definition) is 7. The van der Waals surface area contributed by atoms with Crippen LogP contribution in [0.3, 0.4) is 0 Å². The number of esters is 1. The Morgan fingerprint density at radius 3 is 2.67 bits per heavy atom. The van der Waals surface area contributed by atoms with Crippen LogP contribution in [-0.4, -0.2) is 34.7 Å². The number of fused-ring (bicyclic) bond motifs is 2. The van der Waals surface area contributed by atoms with E-state index in [1.54, 1.807) is 48.8 Å². The van der Waals surface area contributed by atoms with Gasteiger partial charge in [-0.15, -0.1) is 0 Å². The third kappa shape index (κ3) is 3.50. The highest BCUT2D eigenvalue weighted by atomic mass is 16.7. The van der Waals surface area contributed by atoms with Gasteiger partial charge in [-0.05, 0) is 37.3 Å². The molecule has 2 aromatic carbocycles. The summed E-state index contributed by atoms with van der Waals surface area (Å²) in [5.74, 6) is 0.0975. The van der Waals surface area contributed by atoms with Gasteiger partial charge in [0.1, 0.15) is 0 Å². The van der Waals surface area contributed by atoms with Crippen molar-refractivity contribution in [2.45, 2.75) is 13.0 Å². The minimum absolute atomic E-state index is 0.150. The van der Waals surface area contributed by atoms with Crippen LogP contribution < -0.4 is 14.8 Å². The Balaban J connectivity index is 1.42. The molecule has 1 aliphatic heterocycles. The monoisotopic (exact) mass is 365 g/mol. The number of rotatable bonds is 4. The van der Waals surface area contributed by atoms with Crippen molar-refractivity contribution in [2.75, 3.05) is 12.1 Å². The molecule has 8 heteroatoms. The van der Waals surface area contributed by atoms with E-state index in [-0.39, 0.29) is 6.79 Å². The summed E-state index contributed by atoms with van der Waals surface area (Å²) < 4.78 is 15.7. The number of amides is 1. The second-order valence-electron chi connectivity index (χ2n) is 5.86. The minimum Gasteiger partial charge on any atom is -0.454 e.